The minimum Gasteiger partial charge on any atom is -0.355 e. The van der Waals surface area contributed by atoms with Gasteiger partial charge in [-0.05, 0) is 56.8 Å². The Labute approximate surface area is 154 Å². The van der Waals surface area contributed by atoms with E-state index in [0.29, 0.717) is 17.4 Å². The zero-order chi connectivity index (χ0) is 18.4. The fourth-order valence-electron chi connectivity index (χ4n) is 3.61. The zero-order valence-corrected chi connectivity index (χ0v) is 15.5. The number of aromatic nitrogens is 2. The first kappa shape index (κ1) is 18.6. The Morgan fingerprint density at radius 1 is 1.31 bits per heavy atom. The highest BCUT2D eigenvalue weighted by Crippen LogP contribution is 2.15. The molecule has 0 bridgehead atoms. The van der Waals surface area contributed by atoms with Gasteiger partial charge in [0.1, 0.15) is 6.54 Å². The second kappa shape index (κ2) is 8.94. The number of carbonyl (C=O) groups excluding carboxylic acids is 1. The number of carbonyl (C=O) groups is 1. The monoisotopic (exact) mass is 356 g/mol. The van der Waals surface area contributed by atoms with Gasteiger partial charge in [-0.1, -0.05) is 19.1 Å². The average molecular weight is 356 g/mol. The SMILES string of the molecule is CC1CCCN(CCCCNC(=O)Cn2cnc3ccccc3c2=O)C1. The maximum Gasteiger partial charge on any atom is 0.261 e. The number of nitrogens with one attached hydrogen (secondary N) is 1. The molecule has 26 heavy (non-hydrogen) atoms. The van der Waals surface area contributed by atoms with Crippen LogP contribution >= 0.6 is 0 Å². The molecule has 1 N–H and O–H groups in total. The van der Waals surface area contributed by atoms with Crippen molar-refractivity contribution in [1.29, 1.82) is 0 Å². The zero-order valence-electron chi connectivity index (χ0n) is 15.5. The molecule has 6 nitrogen and oxygen atoms in total. The summed E-state index contributed by atoms with van der Waals surface area (Å²) in [6.45, 7) is 6.49. The van der Waals surface area contributed by atoms with E-state index in [2.05, 4.69) is 22.1 Å². The summed E-state index contributed by atoms with van der Waals surface area (Å²) in [5.74, 6) is 0.660. The first-order valence-electron chi connectivity index (χ1n) is 9.57. The van der Waals surface area contributed by atoms with Gasteiger partial charge in [-0.3, -0.25) is 14.2 Å². The van der Waals surface area contributed by atoms with Crippen LogP contribution in [0.5, 0.6) is 0 Å². The van der Waals surface area contributed by atoms with Gasteiger partial charge in [0.2, 0.25) is 5.91 Å². The summed E-state index contributed by atoms with van der Waals surface area (Å²) in [5.41, 5.74) is 0.478. The third kappa shape index (κ3) is 4.91. The van der Waals surface area contributed by atoms with Gasteiger partial charge < -0.3 is 10.2 Å². The van der Waals surface area contributed by atoms with E-state index in [1.54, 1.807) is 18.2 Å². The van der Waals surface area contributed by atoms with Crippen molar-refractivity contribution in [2.75, 3.05) is 26.2 Å². The molecule has 2 heterocycles. The summed E-state index contributed by atoms with van der Waals surface area (Å²) in [5, 5.41) is 3.45. The average Bonchev–Trinajstić information content (AvgIpc) is 2.64. The number of nitrogens with zero attached hydrogens (tertiary/aromatic N) is 3. The molecule has 6 heteroatoms. The second-order valence-corrected chi connectivity index (χ2v) is 7.30. The van der Waals surface area contributed by atoms with E-state index in [1.165, 1.54) is 36.8 Å². The van der Waals surface area contributed by atoms with Crippen LogP contribution in [0.25, 0.3) is 10.9 Å². The number of para-hydroxylation sites is 1. The quantitative estimate of drug-likeness (QED) is 0.771. The highest BCUT2D eigenvalue weighted by Gasteiger charge is 2.15. The van der Waals surface area contributed by atoms with Crippen molar-refractivity contribution in [1.82, 2.24) is 19.8 Å². The lowest BCUT2D eigenvalue weighted by atomic mass is 10.0. The topological polar surface area (TPSA) is 67.2 Å². The number of hydrogen-bond acceptors (Lipinski definition) is 4. The number of benzene rings is 1. The maximum atomic E-state index is 12.4. The van der Waals surface area contributed by atoms with Gasteiger partial charge in [0.15, 0.2) is 0 Å². The summed E-state index contributed by atoms with van der Waals surface area (Å²) in [4.78, 5) is 31.2. The molecule has 1 unspecified atom stereocenters. The van der Waals surface area contributed by atoms with Gasteiger partial charge in [-0.15, -0.1) is 0 Å². The van der Waals surface area contributed by atoms with Crippen LogP contribution in [0, 0.1) is 5.92 Å². The van der Waals surface area contributed by atoms with Crippen LogP contribution in [0.4, 0.5) is 0 Å². The first-order valence-corrected chi connectivity index (χ1v) is 9.57. The smallest absolute Gasteiger partial charge is 0.261 e. The number of fused-ring (bicyclic) bond motifs is 1. The number of unbranched alkanes of at least 4 members (excludes halogenated alkanes) is 1. The molecular weight excluding hydrogens is 328 g/mol. The number of hydrogen-bond donors (Lipinski definition) is 1. The molecule has 140 valence electrons. The van der Waals surface area contributed by atoms with E-state index in [4.69, 9.17) is 0 Å². The third-order valence-corrected chi connectivity index (χ3v) is 5.01. The maximum absolute atomic E-state index is 12.4. The van der Waals surface area contributed by atoms with Crippen LogP contribution < -0.4 is 10.9 Å². The summed E-state index contributed by atoms with van der Waals surface area (Å²) >= 11 is 0. The molecule has 0 saturated carbocycles. The molecule has 1 aliphatic heterocycles. The Morgan fingerprint density at radius 2 is 2.15 bits per heavy atom. The minimum absolute atomic E-state index is 0.0142. The van der Waals surface area contributed by atoms with Gasteiger partial charge in [0.25, 0.3) is 5.56 Å². The van der Waals surface area contributed by atoms with Crippen molar-refractivity contribution in [3.8, 4) is 0 Å². The van der Waals surface area contributed by atoms with Gasteiger partial charge in [0.05, 0.1) is 17.2 Å². The normalized spacial score (nSPS) is 18.1. The summed E-state index contributed by atoms with van der Waals surface area (Å²) in [7, 11) is 0. The molecular formula is C20H28N4O2. The van der Waals surface area contributed by atoms with Crippen molar-refractivity contribution < 1.29 is 4.79 Å². The van der Waals surface area contributed by atoms with Crippen molar-refractivity contribution >= 4 is 16.8 Å². The van der Waals surface area contributed by atoms with E-state index in [9.17, 15) is 9.59 Å². The Morgan fingerprint density at radius 3 is 3.00 bits per heavy atom. The summed E-state index contributed by atoms with van der Waals surface area (Å²) < 4.78 is 1.37. The van der Waals surface area contributed by atoms with Crippen LogP contribution in [0.15, 0.2) is 35.4 Å². The second-order valence-electron chi connectivity index (χ2n) is 7.30. The summed E-state index contributed by atoms with van der Waals surface area (Å²) in [6, 6.07) is 7.18. The molecule has 1 aliphatic rings. The standard InChI is InChI=1S/C20H28N4O2/c1-16-7-6-12-23(13-16)11-5-4-10-21-19(25)14-24-15-22-18-9-3-2-8-17(18)20(24)26/h2-3,8-9,15-16H,4-7,10-14H2,1H3,(H,21,25). The van der Waals surface area contributed by atoms with Gasteiger partial charge in [-0.2, -0.15) is 0 Å². The Kier molecular flexibility index (Phi) is 6.39. The Bertz CT molecular complexity index is 802. The predicted octanol–water partition coefficient (Wildman–Crippen LogP) is 2.02. The van der Waals surface area contributed by atoms with E-state index in [1.807, 2.05) is 6.07 Å². The lowest BCUT2D eigenvalue weighted by Gasteiger charge is -2.30. The van der Waals surface area contributed by atoms with Crippen molar-refractivity contribution in [3.05, 3.63) is 40.9 Å². The van der Waals surface area contributed by atoms with E-state index in [0.717, 1.165) is 25.3 Å². The summed E-state index contributed by atoms with van der Waals surface area (Å²) in [6.07, 6.45) is 6.13. The Hall–Kier alpha value is -2.21. The van der Waals surface area contributed by atoms with E-state index >= 15 is 0 Å². The molecule has 0 spiro atoms. The highest BCUT2D eigenvalue weighted by molar-refractivity contribution is 5.78. The van der Waals surface area contributed by atoms with Crippen LogP contribution in [0.1, 0.15) is 32.6 Å². The molecule has 1 amide bonds. The number of piperidine rings is 1. The molecule has 1 fully saturated rings. The van der Waals surface area contributed by atoms with Crippen molar-refractivity contribution in [2.45, 2.75) is 39.2 Å². The molecule has 1 aromatic heterocycles. The number of amides is 1. The Balaban J connectivity index is 1.40. The third-order valence-electron chi connectivity index (χ3n) is 5.01. The van der Waals surface area contributed by atoms with Gasteiger partial charge in [-0.25, -0.2) is 4.98 Å². The van der Waals surface area contributed by atoms with Gasteiger partial charge in [0, 0.05) is 13.1 Å². The van der Waals surface area contributed by atoms with Crippen molar-refractivity contribution in [2.24, 2.45) is 5.92 Å². The molecule has 2 aromatic rings. The van der Waals surface area contributed by atoms with Crippen molar-refractivity contribution in [3.63, 3.8) is 0 Å². The van der Waals surface area contributed by atoms with E-state index < -0.39 is 0 Å². The largest absolute Gasteiger partial charge is 0.355 e. The highest BCUT2D eigenvalue weighted by atomic mass is 16.2. The predicted molar refractivity (Wildman–Crippen MR) is 103 cm³/mol. The van der Waals surface area contributed by atoms with E-state index in [-0.39, 0.29) is 18.0 Å². The van der Waals surface area contributed by atoms with Gasteiger partial charge >= 0.3 is 0 Å². The van der Waals surface area contributed by atoms with Crippen LogP contribution in [-0.4, -0.2) is 46.5 Å². The fraction of sp³-hybridized carbons (Fsp3) is 0.550. The molecule has 1 atom stereocenters. The first-order chi connectivity index (χ1) is 12.6. The fourth-order valence-corrected chi connectivity index (χ4v) is 3.61. The van der Waals surface area contributed by atoms with Crippen LogP contribution in [0.2, 0.25) is 0 Å². The van der Waals surface area contributed by atoms with Crippen LogP contribution in [0.3, 0.4) is 0 Å². The lowest BCUT2D eigenvalue weighted by Crippen LogP contribution is -2.35. The molecule has 3 rings (SSSR count). The molecule has 0 aliphatic carbocycles. The number of likely N-dealkylation sites (tertiary alicyclic amines) is 1. The lowest BCUT2D eigenvalue weighted by molar-refractivity contribution is -0.121. The number of rotatable bonds is 7. The molecule has 1 saturated heterocycles. The van der Waals surface area contributed by atoms with Crippen LogP contribution in [-0.2, 0) is 11.3 Å². The minimum atomic E-state index is -0.176. The molecule has 1 aromatic carbocycles. The molecule has 0 radical (unpaired) electrons.